The van der Waals surface area contributed by atoms with E-state index < -0.39 is 0 Å². The normalized spacial score (nSPS) is 17.2. The van der Waals surface area contributed by atoms with Gasteiger partial charge in [-0.1, -0.05) is 24.3 Å². The van der Waals surface area contributed by atoms with E-state index in [1.165, 1.54) is 35.6 Å². The molecule has 2 aromatic carbocycles. The van der Waals surface area contributed by atoms with E-state index in [0.29, 0.717) is 0 Å². The topological polar surface area (TPSA) is 25.6 Å². The Morgan fingerprint density at radius 2 is 0.939 bits per heavy atom. The zero-order valence-electron chi connectivity index (χ0n) is 20.2. The molecule has 170 valence electrons. The molecule has 0 saturated carbocycles. The zero-order chi connectivity index (χ0) is 22.9. The monoisotopic (exact) mass is 442 g/mol. The largest absolute Gasteiger partial charge is 0.456 e. The zero-order valence-corrected chi connectivity index (χ0v) is 20.2. The average Bonchev–Trinajstić information content (AvgIpc) is 3.30. The lowest BCUT2D eigenvalue weighted by molar-refractivity contribution is -0.507. The van der Waals surface area contributed by atoms with Crippen LogP contribution in [0.15, 0.2) is 65.1 Å². The van der Waals surface area contributed by atoms with Crippen molar-refractivity contribution >= 4 is 11.7 Å². The first kappa shape index (κ1) is 21.5. The molecular weight excluding hydrogens is 408 g/mol. The van der Waals surface area contributed by atoms with Crippen molar-refractivity contribution in [3.8, 4) is 22.6 Å². The van der Waals surface area contributed by atoms with Crippen LogP contribution >= 0.6 is 0 Å². The van der Waals surface area contributed by atoms with E-state index in [0.717, 1.165) is 48.8 Å². The first-order valence-electron chi connectivity index (χ1n) is 11.9. The Balaban J connectivity index is 1.36. The van der Waals surface area contributed by atoms with Gasteiger partial charge in [-0.3, -0.25) is 19.0 Å². The van der Waals surface area contributed by atoms with Gasteiger partial charge in [-0.2, -0.15) is 0 Å². The van der Waals surface area contributed by atoms with Gasteiger partial charge in [-0.15, -0.1) is 0 Å². The third-order valence-electron chi connectivity index (χ3n) is 6.88. The van der Waals surface area contributed by atoms with Crippen LogP contribution in [0.4, 0.5) is 0 Å². The molecule has 3 aromatic rings. The minimum Gasteiger partial charge on any atom is -0.456 e. The molecule has 33 heavy (non-hydrogen) atoms. The molecule has 5 nitrogen and oxygen atoms in total. The highest BCUT2D eigenvalue weighted by atomic mass is 16.3. The molecule has 2 aliphatic heterocycles. The molecule has 5 rings (SSSR count). The van der Waals surface area contributed by atoms with Crippen LogP contribution in [0, 0.1) is 0 Å². The molecule has 0 radical (unpaired) electrons. The summed E-state index contributed by atoms with van der Waals surface area (Å²) < 4.78 is 10.9. The molecule has 0 aliphatic carbocycles. The quantitative estimate of drug-likeness (QED) is 0.570. The summed E-state index contributed by atoms with van der Waals surface area (Å²) in [5, 5.41) is 0. The lowest BCUT2D eigenvalue weighted by Crippen LogP contribution is -2.41. The number of hydrogen-bond donors (Lipinski definition) is 0. The van der Waals surface area contributed by atoms with E-state index in [2.05, 4.69) is 108 Å². The molecule has 0 spiro atoms. The van der Waals surface area contributed by atoms with Crippen LogP contribution in [0.3, 0.4) is 0 Å². The number of benzene rings is 2. The van der Waals surface area contributed by atoms with Crippen molar-refractivity contribution in [3.63, 3.8) is 0 Å². The smallest absolute Gasteiger partial charge is 0.278 e. The van der Waals surface area contributed by atoms with Crippen molar-refractivity contribution in [2.24, 2.45) is 0 Å². The van der Waals surface area contributed by atoms with Crippen LogP contribution in [0.5, 0.6) is 0 Å². The third kappa shape index (κ3) is 4.20. The molecule has 0 atom stereocenters. The Hall–Kier alpha value is -3.34. The number of amidine groups is 2. The van der Waals surface area contributed by atoms with Gasteiger partial charge in [-0.05, 0) is 36.4 Å². The predicted octanol–water partition coefficient (Wildman–Crippen LogP) is 4.06. The molecule has 0 saturated heterocycles. The molecule has 0 amide bonds. The van der Waals surface area contributed by atoms with Crippen LogP contribution < -0.4 is 0 Å². The fourth-order valence-corrected chi connectivity index (χ4v) is 5.19. The van der Waals surface area contributed by atoms with E-state index in [-0.39, 0.29) is 0 Å². The second-order valence-electron chi connectivity index (χ2n) is 9.36. The highest BCUT2D eigenvalue weighted by molar-refractivity contribution is 5.96. The van der Waals surface area contributed by atoms with E-state index >= 15 is 0 Å². The summed E-state index contributed by atoms with van der Waals surface area (Å²) in [7, 11) is 8.69. The van der Waals surface area contributed by atoms with E-state index in [1.807, 2.05) is 0 Å². The summed E-state index contributed by atoms with van der Waals surface area (Å²) >= 11 is 0. The first-order valence-corrected chi connectivity index (χ1v) is 11.9. The van der Waals surface area contributed by atoms with E-state index in [1.54, 1.807) is 0 Å². The summed E-state index contributed by atoms with van der Waals surface area (Å²) in [6.45, 7) is 4.42. The van der Waals surface area contributed by atoms with Gasteiger partial charge in [0.15, 0.2) is 0 Å². The van der Waals surface area contributed by atoms with Gasteiger partial charge in [0, 0.05) is 24.0 Å². The van der Waals surface area contributed by atoms with Gasteiger partial charge in [0.1, 0.15) is 11.5 Å². The molecule has 3 heterocycles. The molecule has 5 heteroatoms. The molecule has 2 aliphatic rings. The Morgan fingerprint density at radius 3 is 1.30 bits per heavy atom. The van der Waals surface area contributed by atoms with Gasteiger partial charge < -0.3 is 4.42 Å². The summed E-state index contributed by atoms with van der Waals surface area (Å²) in [6, 6.07) is 21.6. The van der Waals surface area contributed by atoms with Crippen LogP contribution in [0.1, 0.15) is 24.0 Å². The molecular formula is C28H34N4O+2. The minimum atomic E-state index is 0.900. The van der Waals surface area contributed by atoms with Crippen molar-refractivity contribution in [1.82, 2.24) is 9.80 Å². The fourth-order valence-electron chi connectivity index (χ4n) is 5.19. The molecule has 0 fully saturated rings. The first-order chi connectivity index (χ1) is 16.0. The third-order valence-corrected chi connectivity index (χ3v) is 6.88. The lowest BCUT2D eigenvalue weighted by atomic mass is 10.1. The maximum atomic E-state index is 6.26. The summed E-state index contributed by atoms with van der Waals surface area (Å²) in [6.07, 6.45) is 2.41. The second-order valence-corrected chi connectivity index (χ2v) is 9.36. The number of rotatable bonds is 4. The van der Waals surface area contributed by atoms with Crippen molar-refractivity contribution in [2.45, 2.75) is 12.8 Å². The van der Waals surface area contributed by atoms with Crippen LogP contribution in [-0.2, 0) is 0 Å². The lowest BCUT2D eigenvalue weighted by Gasteiger charge is -2.22. The maximum absolute atomic E-state index is 6.26. The van der Waals surface area contributed by atoms with Gasteiger partial charge in [0.05, 0.1) is 65.5 Å². The SMILES string of the molecule is CN1CCC[N+](C)=C1c1ccc(-c2ccc(-c3ccc(C4=[N+](C)CCCN4C)cc3)o2)cc1. The van der Waals surface area contributed by atoms with E-state index in [9.17, 15) is 0 Å². The molecule has 0 bridgehead atoms. The number of furan rings is 1. The van der Waals surface area contributed by atoms with Gasteiger partial charge in [0.25, 0.3) is 11.7 Å². The summed E-state index contributed by atoms with van der Waals surface area (Å²) in [5.41, 5.74) is 4.70. The van der Waals surface area contributed by atoms with Crippen molar-refractivity contribution < 1.29 is 13.6 Å². The fraction of sp³-hybridized carbons (Fsp3) is 0.357. The average molecular weight is 443 g/mol. The van der Waals surface area contributed by atoms with Crippen molar-refractivity contribution in [2.75, 3.05) is 54.4 Å². The summed E-state index contributed by atoms with van der Waals surface area (Å²) in [4.78, 5) is 4.68. The van der Waals surface area contributed by atoms with Crippen molar-refractivity contribution in [1.29, 1.82) is 0 Å². The maximum Gasteiger partial charge on any atom is 0.278 e. The van der Waals surface area contributed by atoms with Gasteiger partial charge in [0.2, 0.25) is 0 Å². The highest BCUT2D eigenvalue weighted by Crippen LogP contribution is 2.29. The molecule has 0 unspecified atom stereocenters. The Morgan fingerprint density at radius 1 is 0.576 bits per heavy atom. The highest BCUT2D eigenvalue weighted by Gasteiger charge is 2.25. The van der Waals surface area contributed by atoms with Crippen molar-refractivity contribution in [3.05, 3.63) is 71.8 Å². The Labute approximate surface area is 196 Å². The van der Waals surface area contributed by atoms with E-state index in [4.69, 9.17) is 4.42 Å². The molecule has 1 aromatic heterocycles. The number of nitrogens with zero attached hydrogens (tertiary/aromatic N) is 4. The van der Waals surface area contributed by atoms with Crippen LogP contribution in [0.25, 0.3) is 22.6 Å². The Kier molecular flexibility index (Phi) is 5.79. The predicted molar refractivity (Wildman–Crippen MR) is 134 cm³/mol. The van der Waals surface area contributed by atoms with Gasteiger partial charge in [-0.25, -0.2) is 0 Å². The summed E-state index contributed by atoms with van der Waals surface area (Å²) in [5.74, 6) is 4.38. The Bertz CT molecular complexity index is 1110. The van der Waals surface area contributed by atoms with Crippen LogP contribution in [-0.4, -0.2) is 85.0 Å². The number of hydrogen-bond acceptors (Lipinski definition) is 3. The minimum absolute atomic E-state index is 0.900. The van der Waals surface area contributed by atoms with Gasteiger partial charge >= 0.3 is 0 Å². The van der Waals surface area contributed by atoms with Crippen LogP contribution in [0.2, 0.25) is 0 Å². The standard InChI is InChI=1S/C28H34N4O/c1-29-17-5-18-30(2)27(29)23-11-7-21(8-12-23)25-15-16-26(33-25)22-9-13-24(14-10-22)28-31(3)19-6-20-32(28)4/h7-16H,5-6,17-20H2,1-4H3/q+2. The molecule has 0 N–H and O–H groups in total. The second kappa shape index (κ2) is 8.89.